The lowest BCUT2D eigenvalue weighted by atomic mass is 10.2. The van der Waals surface area contributed by atoms with Crippen LogP contribution in [-0.4, -0.2) is 32.1 Å². The van der Waals surface area contributed by atoms with Gasteiger partial charge in [0.2, 0.25) is 5.91 Å². The number of carbonyl (C=O) groups excluding carboxylic acids is 2. The average Bonchev–Trinajstić information content (AvgIpc) is 3.32. The van der Waals surface area contributed by atoms with E-state index < -0.39 is 5.91 Å². The highest BCUT2D eigenvalue weighted by molar-refractivity contribution is 7.99. The maximum atomic E-state index is 12.0. The molecule has 0 radical (unpaired) electrons. The topological polar surface area (TPSA) is 91.8 Å². The Balaban J connectivity index is 1.59. The summed E-state index contributed by atoms with van der Waals surface area (Å²) in [6.45, 7) is 1.93. The molecule has 0 aliphatic carbocycles. The van der Waals surface area contributed by atoms with E-state index in [9.17, 15) is 9.59 Å². The number of aromatic nitrogens is 3. The number of benzene rings is 1. The van der Waals surface area contributed by atoms with Gasteiger partial charge >= 0.3 is 0 Å². The van der Waals surface area contributed by atoms with E-state index in [1.807, 2.05) is 35.9 Å². The molecule has 26 heavy (non-hydrogen) atoms. The molecule has 0 saturated carbocycles. The van der Waals surface area contributed by atoms with E-state index in [2.05, 4.69) is 20.8 Å². The Hall–Kier alpha value is -2.71. The zero-order chi connectivity index (χ0) is 18.5. The van der Waals surface area contributed by atoms with Gasteiger partial charge in [0, 0.05) is 23.6 Å². The van der Waals surface area contributed by atoms with E-state index in [1.54, 1.807) is 24.5 Å². The molecule has 134 valence electrons. The van der Waals surface area contributed by atoms with Gasteiger partial charge in [-0.25, -0.2) is 4.98 Å². The molecule has 0 aliphatic heterocycles. The summed E-state index contributed by atoms with van der Waals surface area (Å²) in [5, 5.41) is 1.32. The predicted molar refractivity (Wildman–Crippen MR) is 100 cm³/mol. The summed E-state index contributed by atoms with van der Waals surface area (Å²) >= 11 is 7.43. The fourth-order valence-corrected chi connectivity index (χ4v) is 3.20. The first-order valence-electron chi connectivity index (χ1n) is 7.70. The van der Waals surface area contributed by atoms with Crippen molar-refractivity contribution in [2.75, 3.05) is 5.75 Å². The van der Waals surface area contributed by atoms with Gasteiger partial charge in [0.15, 0.2) is 5.16 Å². The van der Waals surface area contributed by atoms with Crippen LogP contribution in [0.4, 0.5) is 0 Å². The van der Waals surface area contributed by atoms with E-state index >= 15 is 0 Å². The summed E-state index contributed by atoms with van der Waals surface area (Å²) in [4.78, 5) is 30.8. The third-order valence-electron chi connectivity index (χ3n) is 3.60. The SMILES string of the molecule is Cc1c(Cl)cccc1-n1ccnc1SCC(=O)NNC(=O)c1ccc[nH]1. The van der Waals surface area contributed by atoms with Crippen LogP contribution in [0.1, 0.15) is 16.1 Å². The van der Waals surface area contributed by atoms with Crippen molar-refractivity contribution >= 4 is 35.2 Å². The van der Waals surface area contributed by atoms with E-state index in [-0.39, 0.29) is 11.7 Å². The lowest BCUT2D eigenvalue weighted by molar-refractivity contribution is -0.119. The molecule has 2 aromatic heterocycles. The van der Waals surface area contributed by atoms with E-state index in [4.69, 9.17) is 11.6 Å². The predicted octanol–water partition coefficient (Wildman–Crippen LogP) is 2.72. The molecule has 0 fully saturated rings. The molecule has 0 bridgehead atoms. The summed E-state index contributed by atoms with van der Waals surface area (Å²) in [6, 6.07) is 8.93. The van der Waals surface area contributed by atoms with Crippen LogP contribution in [-0.2, 0) is 4.79 Å². The summed E-state index contributed by atoms with van der Waals surface area (Å²) in [5.41, 5.74) is 6.92. The summed E-state index contributed by atoms with van der Waals surface area (Å²) in [7, 11) is 0. The van der Waals surface area contributed by atoms with Crippen molar-refractivity contribution in [3.63, 3.8) is 0 Å². The second kappa shape index (κ2) is 8.11. The van der Waals surface area contributed by atoms with Gasteiger partial charge in [-0.1, -0.05) is 29.4 Å². The van der Waals surface area contributed by atoms with Gasteiger partial charge in [-0.15, -0.1) is 0 Å². The number of hydrazine groups is 1. The first kappa shape index (κ1) is 18.1. The van der Waals surface area contributed by atoms with Gasteiger partial charge in [-0.2, -0.15) is 0 Å². The second-order valence-corrected chi connectivity index (χ2v) is 6.69. The number of imidazole rings is 1. The Morgan fingerprint density at radius 2 is 2.12 bits per heavy atom. The van der Waals surface area contributed by atoms with Gasteiger partial charge in [-0.3, -0.25) is 25.0 Å². The largest absolute Gasteiger partial charge is 0.357 e. The molecule has 2 amide bonds. The van der Waals surface area contributed by atoms with Crippen molar-refractivity contribution in [1.29, 1.82) is 0 Å². The van der Waals surface area contributed by atoms with Gasteiger partial charge < -0.3 is 4.98 Å². The Morgan fingerprint density at radius 1 is 1.27 bits per heavy atom. The van der Waals surface area contributed by atoms with Crippen LogP contribution < -0.4 is 10.9 Å². The quantitative estimate of drug-likeness (QED) is 0.462. The molecule has 0 unspecified atom stereocenters. The molecule has 3 N–H and O–H groups in total. The van der Waals surface area contributed by atoms with Crippen LogP contribution in [0.2, 0.25) is 5.02 Å². The Bertz CT molecular complexity index is 923. The zero-order valence-electron chi connectivity index (χ0n) is 13.8. The Labute approximate surface area is 159 Å². The van der Waals surface area contributed by atoms with Crippen molar-refractivity contribution in [1.82, 2.24) is 25.4 Å². The van der Waals surface area contributed by atoms with Crippen LogP contribution in [0.3, 0.4) is 0 Å². The van der Waals surface area contributed by atoms with Crippen molar-refractivity contribution in [2.45, 2.75) is 12.1 Å². The number of amides is 2. The number of nitrogens with zero attached hydrogens (tertiary/aromatic N) is 2. The van der Waals surface area contributed by atoms with Gasteiger partial charge in [0.05, 0.1) is 11.4 Å². The number of halogens is 1. The number of nitrogens with one attached hydrogen (secondary N) is 3. The number of H-pyrrole nitrogens is 1. The summed E-state index contributed by atoms with van der Waals surface area (Å²) in [5.74, 6) is -0.654. The van der Waals surface area contributed by atoms with Crippen molar-refractivity contribution in [2.24, 2.45) is 0 Å². The van der Waals surface area contributed by atoms with Crippen LogP contribution in [0.25, 0.3) is 5.69 Å². The Kier molecular flexibility index (Phi) is 5.65. The molecular formula is C17H16ClN5O2S. The van der Waals surface area contributed by atoms with E-state index in [1.165, 1.54) is 11.8 Å². The molecular weight excluding hydrogens is 374 g/mol. The van der Waals surface area contributed by atoms with Crippen molar-refractivity contribution < 1.29 is 9.59 Å². The molecule has 9 heteroatoms. The maximum absolute atomic E-state index is 12.0. The fourth-order valence-electron chi connectivity index (χ4n) is 2.27. The van der Waals surface area contributed by atoms with Crippen LogP contribution in [0.5, 0.6) is 0 Å². The van der Waals surface area contributed by atoms with Crippen LogP contribution in [0, 0.1) is 6.92 Å². The normalized spacial score (nSPS) is 10.5. The third-order valence-corrected chi connectivity index (χ3v) is 4.97. The zero-order valence-corrected chi connectivity index (χ0v) is 15.4. The average molecular weight is 390 g/mol. The molecule has 0 spiro atoms. The maximum Gasteiger partial charge on any atom is 0.286 e. The standard InChI is InChI=1S/C17H16ClN5O2S/c1-11-12(18)4-2-6-14(11)23-9-8-20-17(23)26-10-15(24)21-22-16(25)13-5-3-7-19-13/h2-9,19H,10H2,1H3,(H,21,24)(H,22,25). The fraction of sp³-hybridized carbons (Fsp3) is 0.118. The number of hydrogen-bond acceptors (Lipinski definition) is 4. The molecule has 1 aromatic carbocycles. The third kappa shape index (κ3) is 4.09. The highest BCUT2D eigenvalue weighted by Gasteiger charge is 2.12. The van der Waals surface area contributed by atoms with E-state index in [0.29, 0.717) is 15.9 Å². The molecule has 2 heterocycles. The minimum atomic E-state index is -0.413. The minimum Gasteiger partial charge on any atom is -0.357 e. The highest BCUT2D eigenvalue weighted by atomic mass is 35.5. The van der Waals surface area contributed by atoms with E-state index in [0.717, 1.165) is 11.3 Å². The molecule has 7 nitrogen and oxygen atoms in total. The molecule has 0 aliphatic rings. The first-order chi connectivity index (χ1) is 12.6. The first-order valence-corrected chi connectivity index (χ1v) is 9.07. The monoisotopic (exact) mass is 389 g/mol. The number of hydrogen-bond donors (Lipinski definition) is 3. The highest BCUT2D eigenvalue weighted by Crippen LogP contribution is 2.26. The lowest BCUT2D eigenvalue weighted by Gasteiger charge is -2.11. The lowest BCUT2D eigenvalue weighted by Crippen LogP contribution is -2.42. The van der Waals surface area contributed by atoms with Gasteiger partial charge in [-0.05, 0) is 36.8 Å². The van der Waals surface area contributed by atoms with Crippen LogP contribution >= 0.6 is 23.4 Å². The van der Waals surface area contributed by atoms with Crippen molar-refractivity contribution in [3.05, 3.63) is 65.2 Å². The van der Waals surface area contributed by atoms with Crippen LogP contribution in [0.15, 0.2) is 54.1 Å². The molecule has 3 aromatic rings. The van der Waals surface area contributed by atoms with Crippen molar-refractivity contribution in [3.8, 4) is 5.69 Å². The Morgan fingerprint density at radius 3 is 2.88 bits per heavy atom. The molecule has 0 saturated heterocycles. The molecule has 3 rings (SSSR count). The van der Waals surface area contributed by atoms with Gasteiger partial charge in [0.25, 0.3) is 5.91 Å². The number of rotatable bonds is 5. The minimum absolute atomic E-state index is 0.0988. The van der Waals surface area contributed by atoms with Gasteiger partial charge in [0.1, 0.15) is 5.69 Å². The summed E-state index contributed by atoms with van der Waals surface area (Å²) < 4.78 is 1.87. The number of carbonyl (C=O) groups is 2. The molecule has 0 atom stereocenters. The number of aromatic amines is 1. The second-order valence-electron chi connectivity index (χ2n) is 5.34. The summed E-state index contributed by atoms with van der Waals surface area (Å²) in [6.07, 6.45) is 5.10. The smallest absolute Gasteiger partial charge is 0.286 e. The number of thioether (sulfide) groups is 1.